The molecule has 0 atom stereocenters. The maximum Gasteiger partial charge on any atom is 0.0502 e. The van der Waals surface area contributed by atoms with Crippen LogP contribution in [0.5, 0.6) is 0 Å². The molecule has 0 unspecified atom stereocenters. The predicted molar refractivity (Wildman–Crippen MR) is 100 cm³/mol. The molecule has 1 nitrogen and oxygen atoms in total. The summed E-state index contributed by atoms with van der Waals surface area (Å²) in [6, 6.07) is 19.4. The molecule has 0 radical (unpaired) electrons. The van der Waals surface area contributed by atoms with E-state index in [0.717, 1.165) is 6.42 Å². The molecule has 1 aliphatic heterocycles. The third-order valence-corrected chi connectivity index (χ3v) is 4.71. The Balaban J connectivity index is 2.33. The van der Waals surface area contributed by atoms with Gasteiger partial charge in [-0.1, -0.05) is 69.3 Å². The zero-order chi connectivity index (χ0) is 16.4. The van der Waals surface area contributed by atoms with Crippen molar-refractivity contribution >= 4 is 11.4 Å². The number of hydrogen-bond donors (Lipinski definition) is 0. The highest BCUT2D eigenvalue weighted by atomic mass is 15.2. The van der Waals surface area contributed by atoms with Crippen LogP contribution in [0.15, 0.2) is 78.0 Å². The number of hydrogen-bond acceptors (Lipinski definition) is 1. The third kappa shape index (κ3) is 2.50. The van der Waals surface area contributed by atoms with Crippen molar-refractivity contribution in [1.82, 2.24) is 0 Å². The second kappa shape index (κ2) is 6.08. The van der Waals surface area contributed by atoms with Crippen LogP contribution in [0.3, 0.4) is 0 Å². The average molecular weight is 303 g/mol. The summed E-state index contributed by atoms with van der Waals surface area (Å²) in [4.78, 5) is 2.40. The first-order chi connectivity index (χ1) is 11.1. The third-order valence-electron chi connectivity index (χ3n) is 4.71. The van der Waals surface area contributed by atoms with E-state index in [0.29, 0.717) is 0 Å². The lowest BCUT2D eigenvalue weighted by atomic mass is 9.72. The molecular formula is C22H25N. The largest absolute Gasteiger partial charge is 0.310 e. The Morgan fingerprint density at radius 1 is 0.957 bits per heavy atom. The van der Waals surface area contributed by atoms with E-state index in [9.17, 15) is 0 Å². The van der Waals surface area contributed by atoms with Gasteiger partial charge in [0, 0.05) is 16.8 Å². The van der Waals surface area contributed by atoms with Crippen LogP contribution in [0.4, 0.5) is 11.4 Å². The molecule has 2 aromatic rings. The molecule has 0 N–H and O–H groups in total. The van der Waals surface area contributed by atoms with E-state index in [1.54, 1.807) is 0 Å². The van der Waals surface area contributed by atoms with Crippen molar-refractivity contribution in [3.63, 3.8) is 0 Å². The molecule has 0 aromatic heterocycles. The van der Waals surface area contributed by atoms with E-state index in [-0.39, 0.29) is 5.41 Å². The Hall–Kier alpha value is -2.28. The number of fused-ring (bicyclic) bond motifs is 1. The highest BCUT2D eigenvalue weighted by Crippen LogP contribution is 2.50. The molecule has 0 aliphatic carbocycles. The van der Waals surface area contributed by atoms with Gasteiger partial charge in [0.25, 0.3) is 0 Å². The topological polar surface area (TPSA) is 3.24 Å². The van der Waals surface area contributed by atoms with Gasteiger partial charge < -0.3 is 4.90 Å². The molecule has 118 valence electrons. The van der Waals surface area contributed by atoms with Gasteiger partial charge >= 0.3 is 0 Å². The molecule has 1 aliphatic rings. The van der Waals surface area contributed by atoms with Gasteiger partial charge in [0.2, 0.25) is 0 Å². The number of allylic oxidation sites excluding steroid dienone is 3. The first-order valence-corrected chi connectivity index (χ1v) is 8.43. The quantitative estimate of drug-likeness (QED) is 0.624. The van der Waals surface area contributed by atoms with Gasteiger partial charge in [-0.25, -0.2) is 0 Å². The minimum atomic E-state index is 0.0115. The Morgan fingerprint density at radius 3 is 2.26 bits per heavy atom. The first-order valence-electron chi connectivity index (χ1n) is 8.43. The summed E-state index contributed by atoms with van der Waals surface area (Å²) in [6.45, 7) is 9.01. The fourth-order valence-electron chi connectivity index (χ4n) is 3.67. The van der Waals surface area contributed by atoms with Crippen LogP contribution in [0.2, 0.25) is 0 Å². The standard InChI is InChI=1S/C22H25N/c1-5-12-20-18(6-2)22(3,4)19-15-10-11-16-21(19)23(20)17-13-8-7-9-14-17/h6-16H,5H2,1-4H3/b18-6+,20-12+. The van der Waals surface area contributed by atoms with Crippen molar-refractivity contribution < 1.29 is 0 Å². The van der Waals surface area contributed by atoms with Gasteiger partial charge in [-0.3, -0.25) is 0 Å². The molecule has 0 saturated heterocycles. The van der Waals surface area contributed by atoms with E-state index in [1.165, 1.54) is 28.2 Å². The molecule has 0 fully saturated rings. The summed E-state index contributed by atoms with van der Waals surface area (Å²) in [5.41, 5.74) is 6.60. The van der Waals surface area contributed by atoms with Gasteiger partial charge in [-0.2, -0.15) is 0 Å². The van der Waals surface area contributed by atoms with Gasteiger partial charge in [-0.05, 0) is 42.7 Å². The molecule has 3 rings (SSSR count). The maximum atomic E-state index is 2.40. The fraction of sp³-hybridized carbons (Fsp3) is 0.273. The molecular weight excluding hydrogens is 278 g/mol. The zero-order valence-electron chi connectivity index (χ0n) is 14.5. The summed E-state index contributed by atoms with van der Waals surface area (Å²) in [7, 11) is 0. The highest BCUT2D eigenvalue weighted by molar-refractivity contribution is 5.79. The van der Waals surface area contributed by atoms with Crippen molar-refractivity contribution in [3.05, 3.63) is 83.6 Å². The summed E-state index contributed by atoms with van der Waals surface area (Å²) in [6.07, 6.45) is 5.64. The predicted octanol–water partition coefficient (Wildman–Crippen LogP) is 6.36. The number of nitrogens with zero attached hydrogens (tertiary/aromatic N) is 1. The Morgan fingerprint density at radius 2 is 1.61 bits per heavy atom. The van der Waals surface area contributed by atoms with Crippen LogP contribution in [-0.2, 0) is 5.41 Å². The van der Waals surface area contributed by atoms with Gasteiger partial charge in [-0.15, -0.1) is 0 Å². The molecule has 0 spiro atoms. The van der Waals surface area contributed by atoms with E-state index in [2.05, 4.69) is 99.3 Å². The molecule has 2 aromatic carbocycles. The molecule has 0 bridgehead atoms. The summed E-state index contributed by atoms with van der Waals surface area (Å²) in [5.74, 6) is 0. The molecule has 23 heavy (non-hydrogen) atoms. The molecule has 1 heteroatoms. The number of para-hydroxylation sites is 2. The monoisotopic (exact) mass is 303 g/mol. The van der Waals surface area contributed by atoms with Crippen molar-refractivity contribution in [2.24, 2.45) is 0 Å². The van der Waals surface area contributed by atoms with Gasteiger partial charge in [0.1, 0.15) is 0 Å². The van der Waals surface area contributed by atoms with E-state index in [1.807, 2.05) is 0 Å². The van der Waals surface area contributed by atoms with Crippen LogP contribution in [0, 0.1) is 0 Å². The van der Waals surface area contributed by atoms with Gasteiger partial charge in [0.15, 0.2) is 0 Å². The minimum Gasteiger partial charge on any atom is -0.310 e. The molecule has 0 amide bonds. The number of benzene rings is 2. The van der Waals surface area contributed by atoms with E-state index >= 15 is 0 Å². The SMILES string of the molecule is C/C=C1\C(=C/CC)N(c2ccccc2)c2ccccc2C1(C)C. The lowest BCUT2D eigenvalue weighted by Gasteiger charge is -2.44. The van der Waals surface area contributed by atoms with Crippen LogP contribution in [0.1, 0.15) is 39.7 Å². The summed E-state index contributed by atoms with van der Waals surface area (Å²) in [5, 5.41) is 0. The Kier molecular flexibility index (Phi) is 4.12. The Bertz CT molecular complexity index is 751. The summed E-state index contributed by atoms with van der Waals surface area (Å²) >= 11 is 0. The number of anilines is 2. The maximum absolute atomic E-state index is 2.40. The van der Waals surface area contributed by atoms with Crippen LogP contribution in [-0.4, -0.2) is 0 Å². The minimum absolute atomic E-state index is 0.0115. The van der Waals surface area contributed by atoms with Crippen molar-refractivity contribution in [2.75, 3.05) is 4.90 Å². The zero-order valence-corrected chi connectivity index (χ0v) is 14.5. The second-order valence-electron chi connectivity index (χ2n) is 6.51. The van der Waals surface area contributed by atoms with Crippen molar-refractivity contribution in [3.8, 4) is 0 Å². The lowest BCUT2D eigenvalue weighted by Crippen LogP contribution is -2.35. The molecule has 0 saturated carbocycles. The first kappa shape index (κ1) is 15.6. The molecule has 1 heterocycles. The van der Waals surface area contributed by atoms with Crippen molar-refractivity contribution in [2.45, 2.75) is 39.5 Å². The van der Waals surface area contributed by atoms with E-state index < -0.39 is 0 Å². The fourth-order valence-corrected chi connectivity index (χ4v) is 3.67. The van der Waals surface area contributed by atoms with Crippen LogP contribution >= 0.6 is 0 Å². The van der Waals surface area contributed by atoms with Crippen LogP contribution in [0.25, 0.3) is 0 Å². The lowest BCUT2D eigenvalue weighted by molar-refractivity contribution is 0.611. The van der Waals surface area contributed by atoms with Crippen molar-refractivity contribution in [1.29, 1.82) is 0 Å². The average Bonchev–Trinajstić information content (AvgIpc) is 2.56. The Labute approximate surface area is 140 Å². The van der Waals surface area contributed by atoms with Crippen LogP contribution < -0.4 is 4.90 Å². The highest BCUT2D eigenvalue weighted by Gasteiger charge is 2.38. The van der Waals surface area contributed by atoms with E-state index in [4.69, 9.17) is 0 Å². The smallest absolute Gasteiger partial charge is 0.0502 e. The normalized spacial score (nSPS) is 19.9. The summed E-state index contributed by atoms with van der Waals surface area (Å²) < 4.78 is 0. The van der Waals surface area contributed by atoms with Gasteiger partial charge in [0.05, 0.1) is 5.69 Å². The second-order valence-corrected chi connectivity index (χ2v) is 6.51. The number of rotatable bonds is 2.